The van der Waals surface area contributed by atoms with Gasteiger partial charge in [-0.25, -0.2) is 10.5 Å². The third-order valence-electron chi connectivity index (χ3n) is 15.2. The van der Waals surface area contributed by atoms with Crippen LogP contribution in [0.15, 0.2) is 54.9 Å². The van der Waals surface area contributed by atoms with Gasteiger partial charge in [0, 0.05) is 95.2 Å². The topological polar surface area (TPSA) is 114 Å². The molecule has 3 aliphatic heterocycles. The number of rotatable bonds is 20. The third-order valence-corrected chi connectivity index (χ3v) is 15.2. The fourth-order valence-electron chi connectivity index (χ4n) is 10.9. The Hall–Kier alpha value is -4.56. The molecular formula is C52H76N10O3. The SMILES string of the molecule is CCC(CC)CNc1ncc2c(-c3ccc(CN4CCN(C5CCN(CCCCCc6ccc(N(C)C7CCONC7=O)c(N(C)C=O)c6)CC5)CC4)cc3)cn(C3CCCCC3)c2n1. The number of aromatic nitrogens is 3. The van der Waals surface area contributed by atoms with Crippen molar-refractivity contribution in [3.05, 3.63) is 66.0 Å². The van der Waals surface area contributed by atoms with Gasteiger partial charge < -0.3 is 24.6 Å². The van der Waals surface area contributed by atoms with Crippen LogP contribution in [0, 0.1) is 5.92 Å². The number of piperazine rings is 1. The minimum absolute atomic E-state index is 0.157. The summed E-state index contributed by atoms with van der Waals surface area (Å²) in [6.45, 7) is 15.0. The van der Waals surface area contributed by atoms with E-state index in [0.717, 1.165) is 99.7 Å². The Balaban J connectivity index is 0.762. The van der Waals surface area contributed by atoms with Crippen LogP contribution in [0.3, 0.4) is 0 Å². The lowest BCUT2D eigenvalue weighted by atomic mass is 9.95. The van der Waals surface area contributed by atoms with Crippen LogP contribution in [-0.2, 0) is 27.4 Å². The number of aryl methyl sites for hydroxylation is 1. The number of carbonyl (C=O) groups excluding carboxylic acids is 2. The smallest absolute Gasteiger partial charge is 0.266 e. The minimum atomic E-state index is -0.333. The Labute approximate surface area is 388 Å². The van der Waals surface area contributed by atoms with Crippen molar-refractivity contribution in [1.82, 2.24) is 34.7 Å². The molecule has 1 saturated carbocycles. The summed E-state index contributed by atoms with van der Waals surface area (Å²) in [4.78, 5) is 50.9. The van der Waals surface area contributed by atoms with E-state index >= 15 is 0 Å². The van der Waals surface area contributed by atoms with Gasteiger partial charge in [-0.1, -0.05) is 82.7 Å². The molecule has 4 aliphatic rings. The van der Waals surface area contributed by atoms with Crippen LogP contribution in [0.1, 0.15) is 114 Å². The highest BCUT2D eigenvalue weighted by Crippen LogP contribution is 2.37. The molecule has 2 aromatic heterocycles. The van der Waals surface area contributed by atoms with Crippen LogP contribution in [0.2, 0.25) is 0 Å². The lowest BCUT2D eigenvalue weighted by molar-refractivity contribution is -0.141. The second-order valence-corrected chi connectivity index (χ2v) is 19.4. The Morgan fingerprint density at radius 1 is 0.846 bits per heavy atom. The molecule has 3 saturated heterocycles. The van der Waals surface area contributed by atoms with Crippen molar-refractivity contribution in [3.8, 4) is 11.1 Å². The van der Waals surface area contributed by atoms with E-state index in [2.05, 4.69) is 92.7 Å². The van der Waals surface area contributed by atoms with E-state index in [4.69, 9.17) is 14.8 Å². The maximum Gasteiger partial charge on any atom is 0.266 e. The Bertz CT molecular complexity index is 2130. The number of fused-ring (bicyclic) bond motifs is 1. The molecular weight excluding hydrogens is 813 g/mol. The molecule has 0 bridgehead atoms. The van der Waals surface area contributed by atoms with E-state index in [1.165, 1.54) is 99.7 Å². The number of amides is 2. The Morgan fingerprint density at radius 3 is 2.32 bits per heavy atom. The summed E-state index contributed by atoms with van der Waals surface area (Å²) >= 11 is 0. The summed E-state index contributed by atoms with van der Waals surface area (Å²) < 4.78 is 2.47. The molecule has 2 aromatic carbocycles. The second kappa shape index (κ2) is 22.8. The van der Waals surface area contributed by atoms with Crippen LogP contribution >= 0.6 is 0 Å². The number of likely N-dealkylation sites (N-methyl/N-ethyl adjacent to an activating group) is 1. The normalized spacial score (nSPS) is 19.8. The third kappa shape index (κ3) is 11.7. The van der Waals surface area contributed by atoms with Gasteiger partial charge in [-0.3, -0.25) is 24.2 Å². The van der Waals surface area contributed by atoms with Crippen molar-refractivity contribution in [3.63, 3.8) is 0 Å². The first-order valence-electron chi connectivity index (χ1n) is 25.2. The number of hydrogen-bond donors (Lipinski definition) is 2. The van der Waals surface area contributed by atoms with E-state index in [1.807, 2.05) is 18.0 Å². The highest BCUT2D eigenvalue weighted by molar-refractivity contribution is 5.94. The van der Waals surface area contributed by atoms with E-state index in [1.54, 1.807) is 11.9 Å². The minimum Gasteiger partial charge on any atom is -0.361 e. The van der Waals surface area contributed by atoms with E-state index < -0.39 is 0 Å². The van der Waals surface area contributed by atoms with E-state index in [0.29, 0.717) is 31.0 Å². The van der Waals surface area contributed by atoms with Gasteiger partial charge in [-0.2, -0.15) is 4.98 Å². The first-order valence-corrected chi connectivity index (χ1v) is 25.2. The first-order chi connectivity index (χ1) is 31.8. The molecule has 2 N–H and O–H groups in total. The van der Waals surface area contributed by atoms with Crippen LogP contribution in [0.4, 0.5) is 17.3 Å². The number of carbonyl (C=O) groups is 2. The molecule has 13 nitrogen and oxygen atoms in total. The van der Waals surface area contributed by atoms with Crippen molar-refractivity contribution >= 4 is 40.7 Å². The molecule has 5 heterocycles. The molecule has 4 fully saturated rings. The zero-order valence-electron chi connectivity index (χ0n) is 39.9. The van der Waals surface area contributed by atoms with E-state index in [9.17, 15) is 9.59 Å². The van der Waals surface area contributed by atoms with Gasteiger partial charge in [0.2, 0.25) is 12.4 Å². The second-order valence-electron chi connectivity index (χ2n) is 19.4. The fraction of sp³-hybridized carbons (Fsp3) is 0.615. The lowest BCUT2D eigenvalue weighted by Crippen LogP contribution is -2.53. The predicted octanol–water partition coefficient (Wildman–Crippen LogP) is 8.30. The predicted molar refractivity (Wildman–Crippen MR) is 263 cm³/mol. The van der Waals surface area contributed by atoms with Crippen LogP contribution in [0.5, 0.6) is 0 Å². The molecule has 352 valence electrons. The molecule has 1 atom stereocenters. The lowest BCUT2D eigenvalue weighted by Gasteiger charge is -2.43. The number of anilines is 3. The van der Waals surface area contributed by atoms with Crippen molar-refractivity contribution < 1.29 is 14.4 Å². The standard InChI is InChI=1S/C52H76N10O3/c1-5-39(6-2)34-53-52-54-35-45-46(37-62(50(45)55-52)44-14-10-7-11-15-44)42-19-16-41(17-20-42)36-60-28-30-61(31-29-60)43-22-26-59(27-23-43)25-12-8-9-13-40-18-21-47(49(33-40)57(3)38-63)58(4)48-24-32-65-56-51(48)64/h16-21,33,35,37-39,43-44,48H,5-15,22-32,34,36H2,1-4H3,(H,56,64)(H,53,54,55). The summed E-state index contributed by atoms with van der Waals surface area (Å²) in [6, 6.07) is 16.5. The maximum absolute atomic E-state index is 12.4. The highest BCUT2D eigenvalue weighted by atomic mass is 16.7. The number of nitrogens with one attached hydrogen (secondary N) is 2. The van der Waals surface area contributed by atoms with Crippen LogP contribution in [0.25, 0.3) is 22.2 Å². The van der Waals surface area contributed by atoms with Gasteiger partial charge in [-0.15, -0.1) is 0 Å². The quantitative estimate of drug-likeness (QED) is 0.0664. The number of benzene rings is 2. The van der Waals surface area contributed by atoms with Gasteiger partial charge >= 0.3 is 0 Å². The number of likely N-dealkylation sites (tertiary alicyclic amines) is 1. The average molecular weight is 889 g/mol. The van der Waals surface area contributed by atoms with Gasteiger partial charge in [0.05, 0.1) is 18.0 Å². The van der Waals surface area contributed by atoms with E-state index in [-0.39, 0.29) is 11.9 Å². The monoisotopic (exact) mass is 889 g/mol. The molecule has 0 radical (unpaired) electrons. The number of piperidine rings is 1. The summed E-state index contributed by atoms with van der Waals surface area (Å²) in [5.41, 5.74) is 10.4. The average Bonchev–Trinajstić information content (AvgIpc) is 3.73. The Kier molecular flexibility index (Phi) is 16.4. The molecule has 8 rings (SSSR count). The largest absolute Gasteiger partial charge is 0.361 e. The molecule has 4 aromatic rings. The number of unbranched alkanes of at least 4 members (excludes halogenated alkanes) is 2. The zero-order valence-corrected chi connectivity index (χ0v) is 39.9. The van der Waals surface area contributed by atoms with Crippen molar-refractivity contribution in [1.29, 1.82) is 0 Å². The summed E-state index contributed by atoms with van der Waals surface area (Å²) in [6.07, 6.45) is 21.6. The van der Waals surface area contributed by atoms with Crippen LogP contribution < -0.4 is 20.6 Å². The van der Waals surface area contributed by atoms with Crippen LogP contribution in [-0.4, -0.2) is 127 Å². The molecule has 13 heteroatoms. The van der Waals surface area contributed by atoms with Crippen molar-refractivity contribution in [2.45, 2.75) is 128 Å². The molecule has 2 amide bonds. The fourth-order valence-corrected chi connectivity index (χ4v) is 10.9. The summed E-state index contributed by atoms with van der Waals surface area (Å²) in [7, 11) is 3.68. The number of nitrogens with zero attached hydrogens (tertiary/aromatic N) is 8. The molecule has 1 aliphatic carbocycles. The molecule has 0 spiro atoms. The summed E-state index contributed by atoms with van der Waals surface area (Å²) in [5, 5.41) is 4.71. The summed E-state index contributed by atoms with van der Waals surface area (Å²) in [5.74, 6) is 1.23. The number of hydroxylamine groups is 1. The van der Waals surface area contributed by atoms with Gasteiger partial charge in [-0.05, 0) is 99.3 Å². The number of hydrogen-bond acceptors (Lipinski definition) is 10. The van der Waals surface area contributed by atoms with Gasteiger partial charge in [0.15, 0.2) is 0 Å². The van der Waals surface area contributed by atoms with Crippen molar-refractivity contribution in [2.75, 3.05) is 88.2 Å². The van der Waals surface area contributed by atoms with Crippen molar-refractivity contribution in [2.24, 2.45) is 5.92 Å². The molecule has 1 unspecified atom stereocenters. The first kappa shape index (κ1) is 47.0. The van der Waals surface area contributed by atoms with Gasteiger partial charge in [0.1, 0.15) is 11.7 Å². The molecule has 65 heavy (non-hydrogen) atoms. The van der Waals surface area contributed by atoms with Gasteiger partial charge in [0.25, 0.3) is 5.91 Å². The Morgan fingerprint density at radius 2 is 1.60 bits per heavy atom. The highest BCUT2D eigenvalue weighted by Gasteiger charge is 2.30. The maximum atomic E-state index is 12.4. The zero-order chi connectivity index (χ0) is 45.1.